The monoisotopic (exact) mass is 338 g/mol. The molecule has 0 saturated carbocycles. The first kappa shape index (κ1) is 17.3. The largest absolute Gasteiger partial charge is 0.497 e. The molecule has 1 N–H and O–H groups in total. The number of methoxy groups -OCH3 is 1. The number of nitrogens with zero attached hydrogens (tertiary/aromatic N) is 1. The highest BCUT2D eigenvalue weighted by molar-refractivity contribution is 5.78. The summed E-state index contributed by atoms with van der Waals surface area (Å²) >= 11 is 0. The van der Waals surface area contributed by atoms with Crippen LogP contribution in [0, 0.1) is 0 Å². The van der Waals surface area contributed by atoms with Gasteiger partial charge in [0, 0.05) is 25.3 Å². The Balaban J connectivity index is 1.40. The van der Waals surface area contributed by atoms with Crippen molar-refractivity contribution in [2.24, 2.45) is 0 Å². The predicted molar refractivity (Wildman–Crippen MR) is 101 cm³/mol. The number of carbonyl (C=O) groups is 1. The third kappa shape index (κ3) is 4.75. The van der Waals surface area contributed by atoms with Crippen molar-refractivity contribution >= 4 is 11.6 Å². The van der Waals surface area contributed by atoms with E-state index in [2.05, 4.69) is 34.5 Å². The average Bonchev–Trinajstić information content (AvgIpc) is 2.66. The van der Waals surface area contributed by atoms with E-state index in [9.17, 15) is 4.79 Å². The molecule has 1 aliphatic heterocycles. The molecule has 0 aliphatic carbocycles. The number of para-hydroxylation sites is 1. The minimum Gasteiger partial charge on any atom is -0.497 e. The topological polar surface area (TPSA) is 41.6 Å². The zero-order chi connectivity index (χ0) is 17.5. The Hall–Kier alpha value is -2.49. The Morgan fingerprint density at radius 3 is 2.76 bits per heavy atom. The number of nitrogens with one attached hydrogen (secondary N) is 1. The number of hydrogen-bond acceptors (Lipinski definition) is 3. The summed E-state index contributed by atoms with van der Waals surface area (Å²) in [6.07, 6.45) is 3.76. The van der Waals surface area contributed by atoms with Crippen LogP contribution in [0.1, 0.15) is 24.0 Å². The van der Waals surface area contributed by atoms with Gasteiger partial charge in [-0.05, 0) is 48.6 Å². The Labute approximate surface area is 149 Å². The molecular formula is C21H26N2O2. The maximum atomic E-state index is 12.1. The van der Waals surface area contributed by atoms with Crippen LogP contribution < -0.4 is 15.0 Å². The summed E-state index contributed by atoms with van der Waals surface area (Å²) in [5, 5.41) is 3.03. The van der Waals surface area contributed by atoms with Gasteiger partial charge in [-0.25, -0.2) is 0 Å². The number of ether oxygens (including phenoxy) is 1. The number of anilines is 1. The molecule has 4 nitrogen and oxygen atoms in total. The number of amides is 1. The van der Waals surface area contributed by atoms with E-state index in [1.807, 2.05) is 24.3 Å². The summed E-state index contributed by atoms with van der Waals surface area (Å²) in [5.74, 6) is 0.884. The summed E-state index contributed by atoms with van der Waals surface area (Å²) in [6.45, 7) is 2.81. The zero-order valence-electron chi connectivity index (χ0n) is 14.8. The number of fused-ring (bicyclic) bond motifs is 1. The summed E-state index contributed by atoms with van der Waals surface area (Å²) in [7, 11) is 1.64. The third-order valence-corrected chi connectivity index (χ3v) is 4.66. The molecule has 0 saturated heterocycles. The fourth-order valence-electron chi connectivity index (χ4n) is 3.33. The van der Waals surface area contributed by atoms with Crippen molar-refractivity contribution in [3.8, 4) is 5.75 Å². The molecule has 1 heterocycles. The van der Waals surface area contributed by atoms with Gasteiger partial charge in [0.15, 0.2) is 0 Å². The van der Waals surface area contributed by atoms with Crippen LogP contribution in [0.2, 0.25) is 0 Å². The smallest absolute Gasteiger partial charge is 0.224 e. The van der Waals surface area contributed by atoms with E-state index in [-0.39, 0.29) is 5.91 Å². The number of carbonyl (C=O) groups excluding carboxylic acids is 1. The second kappa shape index (κ2) is 8.56. The molecular weight excluding hydrogens is 312 g/mol. The first-order chi connectivity index (χ1) is 12.3. The molecule has 0 spiro atoms. The Morgan fingerprint density at radius 1 is 1.16 bits per heavy atom. The van der Waals surface area contributed by atoms with E-state index in [0.29, 0.717) is 13.0 Å². The van der Waals surface area contributed by atoms with Crippen LogP contribution in [0.3, 0.4) is 0 Å². The van der Waals surface area contributed by atoms with E-state index in [1.165, 1.54) is 24.1 Å². The van der Waals surface area contributed by atoms with E-state index in [1.54, 1.807) is 7.11 Å². The molecule has 1 amide bonds. The lowest BCUT2D eigenvalue weighted by Gasteiger charge is -2.31. The van der Waals surface area contributed by atoms with Crippen molar-refractivity contribution in [2.75, 3.05) is 31.6 Å². The highest BCUT2D eigenvalue weighted by Crippen LogP contribution is 2.26. The highest BCUT2D eigenvalue weighted by Gasteiger charge is 2.15. The van der Waals surface area contributed by atoms with Gasteiger partial charge in [-0.2, -0.15) is 0 Å². The van der Waals surface area contributed by atoms with Crippen LogP contribution in [0.15, 0.2) is 48.5 Å². The Morgan fingerprint density at radius 2 is 1.96 bits per heavy atom. The molecule has 0 unspecified atom stereocenters. The van der Waals surface area contributed by atoms with Gasteiger partial charge in [-0.1, -0.05) is 30.3 Å². The molecule has 4 heteroatoms. The van der Waals surface area contributed by atoms with Crippen LogP contribution in [-0.4, -0.2) is 32.7 Å². The maximum absolute atomic E-state index is 12.1. The van der Waals surface area contributed by atoms with E-state index in [4.69, 9.17) is 4.74 Å². The summed E-state index contributed by atoms with van der Waals surface area (Å²) in [4.78, 5) is 14.5. The van der Waals surface area contributed by atoms with Crippen molar-refractivity contribution in [2.45, 2.75) is 25.7 Å². The molecule has 2 aromatic carbocycles. The van der Waals surface area contributed by atoms with Gasteiger partial charge >= 0.3 is 0 Å². The Kier molecular flexibility index (Phi) is 5.94. The molecule has 132 valence electrons. The molecule has 25 heavy (non-hydrogen) atoms. The first-order valence-corrected chi connectivity index (χ1v) is 8.99. The van der Waals surface area contributed by atoms with Gasteiger partial charge in [-0.15, -0.1) is 0 Å². The lowest BCUT2D eigenvalue weighted by molar-refractivity contribution is -0.120. The maximum Gasteiger partial charge on any atom is 0.224 e. The molecule has 1 aliphatic rings. The Bertz CT molecular complexity index is 697. The number of hydrogen-bond donors (Lipinski definition) is 1. The van der Waals surface area contributed by atoms with Crippen molar-refractivity contribution < 1.29 is 9.53 Å². The molecule has 0 atom stereocenters. The van der Waals surface area contributed by atoms with E-state index in [0.717, 1.165) is 30.8 Å². The van der Waals surface area contributed by atoms with E-state index < -0.39 is 0 Å². The second-order valence-electron chi connectivity index (χ2n) is 6.45. The standard InChI is InChI=1S/C21H26N2O2/c1-25-19-11-9-17(10-12-19)16-21(24)22-13-5-15-23-14-4-7-18-6-2-3-8-20(18)23/h2-3,6,8-12H,4-5,7,13-16H2,1H3,(H,22,24). The summed E-state index contributed by atoms with van der Waals surface area (Å²) in [6, 6.07) is 16.3. The van der Waals surface area contributed by atoms with Crippen molar-refractivity contribution in [1.29, 1.82) is 0 Å². The van der Waals surface area contributed by atoms with Crippen LogP contribution in [0.25, 0.3) is 0 Å². The molecule has 0 fully saturated rings. The van der Waals surface area contributed by atoms with Crippen LogP contribution in [0.4, 0.5) is 5.69 Å². The van der Waals surface area contributed by atoms with Crippen LogP contribution in [0.5, 0.6) is 5.75 Å². The van der Waals surface area contributed by atoms with Crippen LogP contribution in [-0.2, 0) is 17.6 Å². The average molecular weight is 338 g/mol. The highest BCUT2D eigenvalue weighted by atomic mass is 16.5. The number of rotatable bonds is 7. The number of aryl methyl sites for hydroxylation is 1. The minimum absolute atomic E-state index is 0.0733. The van der Waals surface area contributed by atoms with Gasteiger partial charge in [0.05, 0.1) is 13.5 Å². The van der Waals surface area contributed by atoms with E-state index >= 15 is 0 Å². The zero-order valence-corrected chi connectivity index (χ0v) is 14.8. The lowest BCUT2D eigenvalue weighted by Crippen LogP contribution is -2.33. The summed E-state index contributed by atoms with van der Waals surface area (Å²) in [5.41, 5.74) is 3.80. The molecule has 3 rings (SSSR count). The van der Waals surface area contributed by atoms with Crippen molar-refractivity contribution in [3.63, 3.8) is 0 Å². The molecule has 0 radical (unpaired) electrons. The van der Waals surface area contributed by atoms with Gasteiger partial charge in [-0.3, -0.25) is 4.79 Å². The molecule has 0 bridgehead atoms. The minimum atomic E-state index is 0.0733. The third-order valence-electron chi connectivity index (χ3n) is 4.66. The normalized spacial score (nSPS) is 13.2. The van der Waals surface area contributed by atoms with Crippen molar-refractivity contribution in [1.82, 2.24) is 5.32 Å². The lowest BCUT2D eigenvalue weighted by atomic mass is 10.0. The van der Waals surface area contributed by atoms with Gasteiger partial charge < -0.3 is 15.0 Å². The molecule has 2 aromatic rings. The number of benzene rings is 2. The molecule has 0 aromatic heterocycles. The second-order valence-corrected chi connectivity index (χ2v) is 6.45. The predicted octanol–water partition coefficient (Wildman–Crippen LogP) is 3.20. The van der Waals surface area contributed by atoms with Crippen molar-refractivity contribution in [3.05, 3.63) is 59.7 Å². The van der Waals surface area contributed by atoms with Crippen LogP contribution >= 0.6 is 0 Å². The van der Waals surface area contributed by atoms with Gasteiger partial charge in [0.25, 0.3) is 0 Å². The van der Waals surface area contributed by atoms with Gasteiger partial charge in [0.2, 0.25) is 5.91 Å². The quantitative estimate of drug-likeness (QED) is 0.788. The fourth-order valence-corrected chi connectivity index (χ4v) is 3.33. The first-order valence-electron chi connectivity index (χ1n) is 8.99. The SMILES string of the molecule is COc1ccc(CC(=O)NCCCN2CCCc3ccccc32)cc1. The summed E-state index contributed by atoms with van der Waals surface area (Å²) < 4.78 is 5.13. The van der Waals surface area contributed by atoms with Gasteiger partial charge in [0.1, 0.15) is 5.75 Å². The fraction of sp³-hybridized carbons (Fsp3) is 0.381.